The standard InChI is InChI=1S/C3H8.2C2H6.H2O/c1-3-2;2*1-2;/h3H2,1-2H3;2*1-2H3;1H2. The Bertz CT molecular complexity index is 4.35. The molecule has 0 aromatic carbocycles. The summed E-state index contributed by atoms with van der Waals surface area (Å²) in [5.41, 5.74) is 0. The van der Waals surface area contributed by atoms with E-state index < -0.39 is 0 Å². The maximum atomic E-state index is 2.12. The van der Waals surface area contributed by atoms with Crippen LogP contribution in [0.2, 0.25) is 0 Å². The SMILES string of the molecule is CC.CC.CCC.O. The van der Waals surface area contributed by atoms with Gasteiger partial charge in [0.15, 0.2) is 0 Å². The van der Waals surface area contributed by atoms with Gasteiger partial charge in [-0.3, -0.25) is 0 Å². The summed E-state index contributed by atoms with van der Waals surface area (Å²) < 4.78 is 0. The zero-order valence-electron chi connectivity index (χ0n) is 7.21. The van der Waals surface area contributed by atoms with Gasteiger partial charge in [-0.05, 0) is 0 Å². The van der Waals surface area contributed by atoms with Crippen molar-refractivity contribution in [3.63, 3.8) is 0 Å². The van der Waals surface area contributed by atoms with Crippen LogP contribution in [0.5, 0.6) is 0 Å². The maximum absolute atomic E-state index is 2.12. The largest absolute Gasteiger partial charge is 0.412 e. The van der Waals surface area contributed by atoms with Crippen molar-refractivity contribution < 1.29 is 5.48 Å². The van der Waals surface area contributed by atoms with E-state index in [9.17, 15) is 0 Å². The van der Waals surface area contributed by atoms with Gasteiger partial charge in [-0.1, -0.05) is 48.0 Å². The first kappa shape index (κ1) is 24.6. The van der Waals surface area contributed by atoms with Crippen LogP contribution in [0.25, 0.3) is 0 Å². The van der Waals surface area contributed by atoms with Gasteiger partial charge in [-0.2, -0.15) is 0 Å². The Morgan fingerprint density at radius 2 is 0.750 bits per heavy atom. The lowest BCUT2D eigenvalue weighted by Gasteiger charge is -1.48. The van der Waals surface area contributed by atoms with Gasteiger partial charge < -0.3 is 5.48 Å². The van der Waals surface area contributed by atoms with Crippen molar-refractivity contribution >= 4 is 0 Å². The summed E-state index contributed by atoms with van der Waals surface area (Å²) in [6, 6.07) is 0. The van der Waals surface area contributed by atoms with Crippen molar-refractivity contribution in [3.05, 3.63) is 0 Å². The van der Waals surface area contributed by atoms with E-state index in [1.165, 1.54) is 6.42 Å². The van der Waals surface area contributed by atoms with Crippen LogP contribution >= 0.6 is 0 Å². The smallest absolute Gasteiger partial charge is 0.0590 e. The van der Waals surface area contributed by atoms with Crippen LogP contribution in [-0.4, -0.2) is 5.48 Å². The van der Waals surface area contributed by atoms with E-state index in [0.29, 0.717) is 0 Å². The Balaban J connectivity index is -0.0000000147. The molecule has 1 heteroatoms. The van der Waals surface area contributed by atoms with E-state index in [-0.39, 0.29) is 5.48 Å². The molecule has 0 rings (SSSR count). The van der Waals surface area contributed by atoms with Crippen LogP contribution < -0.4 is 0 Å². The van der Waals surface area contributed by atoms with Gasteiger partial charge in [0.25, 0.3) is 0 Å². The van der Waals surface area contributed by atoms with Crippen LogP contribution in [0.15, 0.2) is 0 Å². The van der Waals surface area contributed by atoms with Gasteiger partial charge in [0, 0.05) is 0 Å². The first-order valence-electron chi connectivity index (χ1n) is 3.41. The van der Waals surface area contributed by atoms with E-state index in [0.717, 1.165) is 0 Å². The zero-order valence-corrected chi connectivity index (χ0v) is 7.21. The normalized spacial score (nSPS) is 3.75. The van der Waals surface area contributed by atoms with Crippen molar-refractivity contribution in [2.24, 2.45) is 0 Å². The predicted octanol–water partition coefficient (Wildman–Crippen LogP) is 2.64. The van der Waals surface area contributed by atoms with Crippen LogP contribution in [0.4, 0.5) is 0 Å². The molecule has 0 atom stereocenters. The molecule has 0 aliphatic heterocycles. The highest BCUT2D eigenvalue weighted by Gasteiger charge is 1.35. The van der Waals surface area contributed by atoms with Gasteiger partial charge in [-0.15, -0.1) is 0 Å². The molecule has 1 nitrogen and oxygen atoms in total. The molecule has 0 heterocycles. The maximum Gasteiger partial charge on any atom is -0.0590 e. The molecular formula is C7H22O. The van der Waals surface area contributed by atoms with E-state index in [4.69, 9.17) is 0 Å². The van der Waals surface area contributed by atoms with Crippen LogP contribution in [-0.2, 0) is 0 Å². The highest BCUT2D eigenvalue weighted by molar-refractivity contribution is 3.92. The Hall–Kier alpha value is -0.0400. The highest BCUT2D eigenvalue weighted by atomic mass is 16.0. The number of rotatable bonds is 0. The molecule has 0 aliphatic carbocycles. The summed E-state index contributed by atoms with van der Waals surface area (Å²) >= 11 is 0. The molecule has 0 bridgehead atoms. The first-order valence-corrected chi connectivity index (χ1v) is 3.41. The minimum atomic E-state index is 0. The fourth-order valence-corrected chi connectivity index (χ4v) is 0. The average molecular weight is 122 g/mol. The second-order valence-corrected chi connectivity index (χ2v) is 0.707. The average Bonchev–Trinajstić information content (AvgIpc) is 1.78. The quantitative estimate of drug-likeness (QED) is 0.473. The molecule has 0 fully saturated rings. The fourth-order valence-electron chi connectivity index (χ4n) is 0. The second-order valence-electron chi connectivity index (χ2n) is 0.707. The summed E-state index contributed by atoms with van der Waals surface area (Å²) in [6.07, 6.45) is 1.25. The predicted molar refractivity (Wildman–Crippen MR) is 42.3 cm³/mol. The Morgan fingerprint density at radius 3 is 0.750 bits per heavy atom. The third kappa shape index (κ3) is 91600. The molecule has 2 N–H and O–H groups in total. The molecule has 0 saturated carbocycles. The first-order chi connectivity index (χ1) is 3.41. The summed E-state index contributed by atoms with van der Waals surface area (Å²) in [6.45, 7) is 12.2. The second kappa shape index (κ2) is 268. The lowest BCUT2D eigenvalue weighted by molar-refractivity contribution is 0.824. The lowest BCUT2D eigenvalue weighted by Crippen LogP contribution is -1.27. The molecule has 8 heavy (non-hydrogen) atoms. The monoisotopic (exact) mass is 122 g/mol. The van der Waals surface area contributed by atoms with E-state index in [1.54, 1.807) is 0 Å². The molecule has 56 valence electrons. The molecule has 0 unspecified atom stereocenters. The molecule has 0 amide bonds. The Morgan fingerprint density at radius 1 is 0.750 bits per heavy atom. The van der Waals surface area contributed by atoms with Crippen molar-refractivity contribution in [2.45, 2.75) is 48.0 Å². The highest BCUT2D eigenvalue weighted by Crippen LogP contribution is 1.56. The molecule has 0 spiro atoms. The summed E-state index contributed by atoms with van der Waals surface area (Å²) in [5, 5.41) is 0. The van der Waals surface area contributed by atoms with Gasteiger partial charge >= 0.3 is 0 Å². The van der Waals surface area contributed by atoms with Crippen LogP contribution in [0.3, 0.4) is 0 Å². The molecular weight excluding hydrogens is 100 g/mol. The molecule has 0 saturated heterocycles. The molecule has 0 aromatic rings. The fraction of sp³-hybridized carbons (Fsp3) is 1.00. The van der Waals surface area contributed by atoms with Crippen molar-refractivity contribution in [1.29, 1.82) is 0 Å². The van der Waals surface area contributed by atoms with Gasteiger partial charge in [-0.25, -0.2) is 0 Å². The zero-order chi connectivity index (χ0) is 6.71. The van der Waals surface area contributed by atoms with Gasteiger partial charge in [0.05, 0.1) is 0 Å². The molecule has 0 aliphatic rings. The Kier molecular flexibility index (Phi) is 825. The van der Waals surface area contributed by atoms with Gasteiger partial charge in [0.2, 0.25) is 0 Å². The lowest BCUT2D eigenvalue weighted by atomic mass is 10.6. The van der Waals surface area contributed by atoms with Crippen molar-refractivity contribution in [3.8, 4) is 0 Å². The van der Waals surface area contributed by atoms with Crippen molar-refractivity contribution in [2.75, 3.05) is 0 Å². The van der Waals surface area contributed by atoms with E-state index in [1.807, 2.05) is 27.7 Å². The number of hydrogen-bond acceptors (Lipinski definition) is 0. The van der Waals surface area contributed by atoms with E-state index >= 15 is 0 Å². The van der Waals surface area contributed by atoms with Crippen molar-refractivity contribution in [1.82, 2.24) is 0 Å². The Labute approximate surface area is 54.4 Å². The van der Waals surface area contributed by atoms with Crippen LogP contribution in [0, 0.1) is 0 Å². The minimum absolute atomic E-state index is 0. The molecule has 0 radical (unpaired) electrons. The third-order valence-electron chi connectivity index (χ3n) is 0. The summed E-state index contributed by atoms with van der Waals surface area (Å²) in [5.74, 6) is 0. The summed E-state index contributed by atoms with van der Waals surface area (Å²) in [4.78, 5) is 0. The third-order valence-corrected chi connectivity index (χ3v) is 0. The molecule has 0 aromatic heterocycles. The number of hydrogen-bond donors (Lipinski definition) is 0. The van der Waals surface area contributed by atoms with Gasteiger partial charge in [0.1, 0.15) is 0 Å². The van der Waals surface area contributed by atoms with Crippen LogP contribution in [0.1, 0.15) is 48.0 Å². The minimum Gasteiger partial charge on any atom is -0.412 e. The summed E-state index contributed by atoms with van der Waals surface area (Å²) in [7, 11) is 0. The van der Waals surface area contributed by atoms with E-state index in [2.05, 4.69) is 13.8 Å². The topological polar surface area (TPSA) is 31.5 Å².